The largest absolute Gasteiger partial charge is 0.268 e. The lowest BCUT2D eigenvalue weighted by Gasteiger charge is -2.27. The summed E-state index contributed by atoms with van der Waals surface area (Å²) in [5.41, 5.74) is 3.75. The van der Waals surface area contributed by atoms with Crippen molar-refractivity contribution in [2.75, 3.05) is 0 Å². The van der Waals surface area contributed by atoms with E-state index in [2.05, 4.69) is 165 Å². The van der Waals surface area contributed by atoms with Crippen LogP contribution in [0.1, 0.15) is 101 Å². The zero-order chi connectivity index (χ0) is 50.7. The highest BCUT2D eigenvalue weighted by molar-refractivity contribution is 6.55. The van der Waals surface area contributed by atoms with Crippen molar-refractivity contribution in [3.8, 4) is 11.4 Å². The molecule has 0 bridgehead atoms. The predicted octanol–water partition coefficient (Wildman–Crippen LogP) is 16.2. The molecule has 356 valence electrons. The first-order valence-electron chi connectivity index (χ1n) is 26.2. The molecule has 0 spiro atoms. The second-order valence-electron chi connectivity index (χ2n) is 22.4. The fraction of sp³-hybridized carbons (Fsp3) is 0.176. The molecular weight excluding hydrogens is 909 g/mol. The summed E-state index contributed by atoms with van der Waals surface area (Å²) in [7, 11) is 0. The summed E-state index contributed by atoms with van der Waals surface area (Å²) in [5, 5.41) is 20.2. The fourth-order valence-corrected chi connectivity index (χ4v) is 14.0. The molecule has 0 N–H and O–H groups in total. The maximum Gasteiger partial charge on any atom is 0.266 e. The molecule has 6 heteroatoms. The normalized spacial score (nSPS) is 13.0. The Morgan fingerprint density at radius 1 is 0.257 bits per heavy atom. The van der Waals surface area contributed by atoms with Gasteiger partial charge in [-0.3, -0.25) is 19.2 Å². The SMILES string of the molecule is CC(C)c1cccc(C(C)C)c1-n1c(=O)c2cc3c4ccc5ccccc5c4c4cc5c(=O)n(-c6c(C(C)C)cccc6C(C)C)c(=O)c6cc7c8ccc9ccccc9c8c8cc(c1=O)c2c1c3c4c(c65)c7c81. The van der Waals surface area contributed by atoms with Crippen LogP contribution < -0.4 is 22.2 Å². The van der Waals surface area contributed by atoms with Crippen LogP contribution in [0.4, 0.5) is 0 Å². The minimum absolute atomic E-state index is 0.0327. The van der Waals surface area contributed by atoms with Gasteiger partial charge < -0.3 is 0 Å². The molecule has 0 aliphatic carbocycles. The standard InChI is InChI=1S/C68H50N2O4/c1-31(2)37-19-13-20-38(32(3)4)63(37)69-65(71)49-27-45-43-25-23-36-16-10-12-18-42(36)54(43)48-30-52-56-50(66(72)70(68(52)74)64-39(33(5)6)21-14-22-40(64)34(7)8)28-46-44-26-24-35-15-9-11-17-41(35)53(44)47-29-51(67(69)73)55(49)61-57(45)60(48)62(56)58(46)59(47)61/h9-34H,1-8H3. The van der Waals surface area contributed by atoms with Crippen LogP contribution in [0.5, 0.6) is 0 Å². The minimum Gasteiger partial charge on any atom is -0.268 e. The van der Waals surface area contributed by atoms with Crippen LogP contribution >= 0.6 is 0 Å². The number of rotatable bonds is 6. The number of fused-ring (bicyclic) bond motifs is 10. The minimum atomic E-state index is -0.343. The third kappa shape index (κ3) is 5.15. The second-order valence-corrected chi connectivity index (χ2v) is 22.4. The van der Waals surface area contributed by atoms with E-state index in [0.717, 1.165) is 119 Å². The van der Waals surface area contributed by atoms with Gasteiger partial charge >= 0.3 is 0 Å². The zero-order valence-corrected chi connectivity index (χ0v) is 42.5. The van der Waals surface area contributed by atoms with Gasteiger partial charge in [-0.15, -0.1) is 0 Å². The Kier molecular flexibility index (Phi) is 8.51. The Morgan fingerprint density at radius 3 is 0.905 bits per heavy atom. The first-order valence-corrected chi connectivity index (χ1v) is 26.2. The van der Waals surface area contributed by atoms with Crippen LogP contribution in [-0.2, 0) is 0 Å². The summed E-state index contributed by atoms with van der Waals surface area (Å²) >= 11 is 0. The van der Waals surface area contributed by atoms with E-state index in [1.54, 1.807) is 0 Å². The molecule has 6 nitrogen and oxygen atoms in total. The van der Waals surface area contributed by atoms with Gasteiger partial charge in [0.15, 0.2) is 0 Å². The molecule has 2 aromatic heterocycles. The maximum atomic E-state index is 16.0. The Labute approximate surface area is 424 Å². The maximum absolute atomic E-state index is 16.0. The Hall–Kier alpha value is -8.48. The molecule has 0 aliphatic heterocycles. The molecule has 15 rings (SSSR count). The van der Waals surface area contributed by atoms with Gasteiger partial charge in [0.2, 0.25) is 0 Å². The highest BCUT2D eigenvalue weighted by atomic mass is 16.2. The Bertz CT molecular complexity index is 4850. The molecule has 74 heavy (non-hydrogen) atoms. The molecule has 0 saturated carbocycles. The number of hydrogen-bond acceptors (Lipinski definition) is 4. The predicted molar refractivity (Wildman–Crippen MR) is 313 cm³/mol. The molecular formula is C68H50N2O4. The molecule has 15 aromatic rings. The number of benzene rings is 13. The van der Waals surface area contributed by atoms with Crippen LogP contribution in [0, 0.1) is 0 Å². The second kappa shape index (κ2) is 14.6. The highest BCUT2D eigenvalue weighted by Gasteiger charge is 2.33. The van der Waals surface area contributed by atoms with Crippen molar-refractivity contribution in [3.63, 3.8) is 0 Å². The van der Waals surface area contributed by atoms with E-state index in [9.17, 15) is 0 Å². The van der Waals surface area contributed by atoms with E-state index >= 15 is 19.2 Å². The van der Waals surface area contributed by atoms with Crippen molar-refractivity contribution >= 4 is 129 Å². The molecule has 2 heterocycles. The summed E-state index contributed by atoms with van der Waals surface area (Å²) in [5.74, 6) is 0.131. The van der Waals surface area contributed by atoms with Crippen LogP contribution in [0.15, 0.2) is 153 Å². The van der Waals surface area contributed by atoms with Crippen molar-refractivity contribution < 1.29 is 0 Å². The van der Waals surface area contributed by atoms with Gasteiger partial charge in [-0.2, -0.15) is 0 Å². The number of hydrogen-bond donors (Lipinski definition) is 0. The van der Waals surface area contributed by atoms with E-state index < -0.39 is 0 Å². The summed E-state index contributed by atoms with van der Waals surface area (Å²) in [4.78, 5) is 64.0. The summed E-state index contributed by atoms with van der Waals surface area (Å²) in [6.07, 6.45) is 0. The third-order valence-corrected chi connectivity index (χ3v) is 17.2. The van der Waals surface area contributed by atoms with E-state index in [1.165, 1.54) is 9.13 Å². The van der Waals surface area contributed by atoms with Crippen LogP contribution in [0.3, 0.4) is 0 Å². The van der Waals surface area contributed by atoms with Crippen molar-refractivity contribution in [3.05, 3.63) is 197 Å². The molecule has 13 aromatic carbocycles. The first-order chi connectivity index (χ1) is 35.8. The Balaban J connectivity index is 1.30. The monoisotopic (exact) mass is 958 g/mol. The first kappa shape index (κ1) is 43.1. The average molecular weight is 959 g/mol. The lowest BCUT2D eigenvalue weighted by atomic mass is 9.76. The number of pyridine rings is 2. The van der Waals surface area contributed by atoms with Gasteiger partial charge in [-0.25, -0.2) is 9.13 Å². The molecule has 0 amide bonds. The third-order valence-electron chi connectivity index (χ3n) is 17.2. The lowest BCUT2D eigenvalue weighted by molar-refractivity contribution is 0.792. The van der Waals surface area contributed by atoms with Gasteiger partial charge in [-0.05, 0) is 156 Å². The fourth-order valence-electron chi connectivity index (χ4n) is 14.0. The van der Waals surface area contributed by atoms with Gasteiger partial charge in [-0.1, -0.05) is 165 Å². The molecule has 0 saturated heterocycles. The lowest BCUT2D eigenvalue weighted by Crippen LogP contribution is -2.34. The average Bonchev–Trinajstić information content (AvgIpc) is 3.40. The van der Waals surface area contributed by atoms with E-state index in [1.807, 2.05) is 24.3 Å². The van der Waals surface area contributed by atoms with Crippen LogP contribution in [0.2, 0.25) is 0 Å². The highest BCUT2D eigenvalue weighted by Crippen LogP contribution is 2.56. The molecule has 0 radical (unpaired) electrons. The van der Waals surface area contributed by atoms with Crippen LogP contribution in [-0.4, -0.2) is 9.13 Å². The molecule has 0 atom stereocenters. The van der Waals surface area contributed by atoms with Crippen molar-refractivity contribution in [1.29, 1.82) is 0 Å². The molecule has 0 unspecified atom stereocenters. The van der Waals surface area contributed by atoms with Crippen LogP contribution in [0.25, 0.3) is 141 Å². The summed E-state index contributed by atoms with van der Waals surface area (Å²) in [6.45, 7) is 17.0. The van der Waals surface area contributed by atoms with Crippen molar-refractivity contribution in [2.45, 2.75) is 79.1 Å². The zero-order valence-electron chi connectivity index (χ0n) is 42.5. The number of aromatic nitrogens is 2. The van der Waals surface area contributed by atoms with E-state index in [0.29, 0.717) is 43.7 Å². The van der Waals surface area contributed by atoms with Crippen molar-refractivity contribution in [1.82, 2.24) is 9.13 Å². The van der Waals surface area contributed by atoms with Gasteiger partial charge in [0.05, 0.1) is 11.4 Å². The van der Waals surface area contributed by atoms with Gasteiger partial charge in [0, 0.05) is 43.1 Å². The van der Waals surface area contributed by atoms with Gasteiger partial charge in [0.1, 0.15) is 0 Å². The van der Waals surface area contributed by atoms with Gasteiger partial charge in [0.25, 0.3) is 22.2 Å². The summed E-state index contributed by atoms with van der Waals surface area (Å²) < 4.78 is 2.98. The summed E-state index contributed by atoms with van der Waals surface area (Å²) in [6, 6.07) is 45.9. The Morgan fingerprint density at radius 2 is 0.568 bits per heavy atom. The molecule has 0 aliphatic rings. The van der Waals surface area contributed by atoms with E-state index in [4.69, 9.17) is 0 Å². The smallest absolute Gasteiger partial charge is 0.266 e. The van der Waals surface area contributed by atoms with E-state index in [-0.39, 0.29) is 45.9 Å². The van der Waals surface area contributed by atoms with Crippen molar-refractivity contribution in [2.24, 2.45) is 0 Å². The quantitative estimate of drug-likeness (QED) is 0.123. The number of nitrogens with zero attached hydrogens (tertiary/aromatic N) is 2. The number of para-hydroxylation sites is 2. The molecule has 0 fully saturated rings. The topological polar surface area (TPSA) is 78.1 Å².